The molecule has 23 heavy (non-hydrogen) atoms. The predicted molar refractivity (Wildman–Crippen MR) is 88.2 cm³/mol. The Hall–Kier alpha value is -2.80. The quantitative estimate of drug-likeness (QED) is 0.521. The van der Waals surface area contributed by atoms with Crippen LogP contribution in [0.3, 0.4) is 0 Å². The molecule has 3 rings (SSSR count). The number of ether oxygens (including phenoxy) is 1. The Bertz CT molecular complexity index is 921. The van der Waals surface area contributed by atoms with E-state index in [-0.39, 0.29) is 11.4 Å². The molecule has 1 heterocycles. The number of hydrogen-bond donors (Lipinski definition) is 0. The molecule has 5 nitrogen and oxygen atoms in total. The van der Waals surface area contributed by atoms with Gasteiger partial charge in [0.1, 0.15) is 5.01 Å². The first kappa shape index (κ1) is 15.1. The molecule has 116 valence electrons. The van der Waals surface area contributed by atoms with E-state index >= 15 is 0 Å². The third-order valence-electron chi connectivity index (χ3n) is 3.19. The highest BCUT2D eigenvalue weighted by Gasteiger charge is 2.09. The lowest BCUT2D eigenvalue weighted by atomic mass is 10.2. The largest absolute Gasteiger partial charge is 0.494 e. The number of non-ortho nitro benzene ring substituents is 1. The van der Waals surface area contributed by atoms with Gasteiger partial charge in [0.15, 0.2) is 11.6 Å². The van der Waals surface area contributed by atoms with Crippen LogP contribution in [0.4, 0.5) is 10.1 Å². The Balaban J connectivity index is 1.88. The van der Waals surface area contributed by atoms with Crippen molar-refractivity contribution in [2.45, 2.75) is 0 Å². The van der Waals surface area contributed by atoms with E-state index in [2.05, 4.69) is 4.98 Å². The lowest BCUT2D eigenvalue weighted by Gasteiger charge is -2.01. The van der Waals surface area contributed by atoms with Crippen LogP contribution in [0.25, 0.3) is 22.4 Å². The molecule has 0 unspecified atom stereocenters. The van der Waals surface area contributed by atoms with Crippen molar-refractivity contribution >= 4 is 39.4 Å². The highest BCUT2D eigenvalue weighted by atomic mass is 32.1. The van der Waals surface area contributed by atoms with Crippen molar-refractivity contribution in [2.24, 2.45) is 0 Å². The van der Waals surface area contributed by atoms with E-state index in [1.54, 1.807) is 30.4 Å². The molecule has 0 spiro atoms. The third-order valence-corrected chi connectivity index (χ3v) is 4.19. The molecule has 0 aliphatic heterocycles. The number of halogens is 1. The predicted octanol–water partition coefficient (Wildman–Crippen LogP) is 4.52. The molecule has 0 atom stereocenters. The van der Waals surface area contributed by atoms with Gasteiger partial charge in [0.05, 0.1) is 22.2 Å². The van der Waals surface area contributed by atoms with E-state index in [9.17, 15) is 14.5 Å². The molecule has 0 saturated carbocycles. The average molecular weight is 330 g/mol. The zero-order chi connectivity index (χ0) is 16.4. The highest BCUT2D eigenvalue weighted by Crippen LogP contribution is 2.27. The Labute approximate surface area is 134 Å². The summed E-state index contributed by atoms with van der Waals surface area (Å²) in [4.78, 5) is 14.7. The number of fused-ring (bicyclic) bond motifs is 1. The number of nitrogens with zero attached hydrogens (tertiary/aromatic N) is 2. The number of rotatable bonds is 4. The minimum absolute atomic E-state index is 0.00977. The van der Waals surface area contributed by atoms with Gasteiger partial charge in [0, 0.05) is 12.1 Å². The molecule has 0 N–H and O–H groups in total. The molecular formula is C16H11FN2O3S. The maximum Gasteiger partial charge on any atom is 0.271 e. The van der Waals surface area contributed by atoms with Crippen LogP contribution < -0.4 is 4.74 Å². The Morgan fingerprint density at radius 2 is 2.09 bits per heavy atom. The van der Waals surface area contributed by atoms with Crippen LogP contribution >= 0.6 is 11.3 Å². The monoisotopic (exact) mass is 330 g/mol. The van der Waals surface area contributed by atoms with Gasteiger partial charge in [-0.1, -0.05) is 12.1 Å². The molecule has 0 saturated heterocycles. The number of methoxy groups -OCH3 is 1. The van der Waals surface area contributed by atoms with Crippen LogP contribution in [-0.4, -0.2) is 17.0 Å². The molecule has 0 aliphatic carbocycles. The van der Waals surface area contributed by atoms with Gasteiger partial charge in [0.2, 0.25) is 0 Å². The van der Waals surface area contributed by atoms with Crippen molar-refractivity contribution in [3.63, 3.8) is 0 Å². The zero-order valence-corrected chi connectivity index (χ0v) is 12.8. The van der Waals surface area contributed by atoms with E-state index in [0.29, 0.717) is 16.1 Å². The summed E-state index contributed by atoms with van der Waals surface area (Å²) in [6.07, 6.45) is 3.48. The van der Waals surface area contributed by atoms with Crippen molar-refractivity contribution in [1.29, 1.82) is 0 Å². The van der Waals surface area contributed by atoms with E-state index in [4.69, 9.17) is 4.74 Å². The normalized spacial score (nSPS) is 11.2. The number of aromatic nitrogens is 1. The first-order valence-corrected chi connectivity index (χ1v) is 7.45. The second-order valence-corrected chi connectivity index (χ2v) is 5.75. The van der Waals surface area contributed by atoms with Gasteiger partial charge < -0.3 is 4.74 Å². The number of thiazole rings is 1. The molecule has 0 bridgehead atoms. The molecule has 0 fully saturated rings. The molecule has 0 radical (unpaired) electrons. The third kappa shape index (κ3) is 3.19. The number of nitro groups is 1. The van der Waals surface area contributed by atoms with Gasteiger partial charge in [-0.05, 0) is 29.8 Å². The summed E-state index contributed by atoms with van der Waals surface area (Å²) in [6.45, 7) is 0. The lowest BCUT2D eigenvalue weighted by molar-refractivity contribution is -0.384. The summed E-state index contributed by atoms with van der Waals surface area (Å²) >= 11 is 1.41. The lowest BCUT2D eigenvalue weighted by Crippen LogP contribution is -1.87. The first-order chi connectivity index (χ1) is 11.1. The van der Waals surface area contributed by atoms with Gasteiger partial charge in [0.25, 0.3) is 5.69 Å². The summed E-state index contributed by atoms with van der Waals surface area (Å²) in [5, 5.41) is 11.5. The van der Waals surface area contributed by atoms with Crippen LogP contribution in [0.15, 0.2) is 36.4 Å². The maximum absolute atomic E-state index is 13.6. The number of benzene rings is 2. The molecule has 7 heteroatoms. The van der Waals surface area contributed by atoms with Crippen LogP contribution in [0, 0.1) is 15.9 Å². The van der Waals surface area contributed by atoms with Gasteiger partial charge in [-0.15, -0.1) is 11.3 Å². The molecule has 3 aromatic rings. The van der Waals surface area contributed by atoms with Crippen LogP contribution in [-0.2, 0) is 0 Å². The maximum atomic E-state index is 13.6. The standard InChI is InChI=1S/C16H11FN2O3S/c1-22-14-5-2-10(8-12(14)17)3-7-16-18-13-9-11(19(20)21)4-6-15(13)23-16/h2-9H,1H3/b7-3+. The van der Waals surface area contributed by atoms with E-state index in [1.165, 1.54) is 36.6 Å². The summed E-state index contributed by atoms with van der Waals surface area (Å²) < 4.78 is 19.4. The minimum Gasteiger partial charge on any atom is -0.494 e. The van der Waals surface area contributed by atoms with Crippen molar-refractivity contribution in [2.75, 3.05) is 7.11 Å². The molecule has 1 aromatic heterocycles. The summed E-state index contributed by atoms with van der Waals surface area (Å²) in [6, 6.07) is 9.22. The number of nitro benzene ring substituents is 1. The first-order valence-electron chi connectivity index (χ1n) is 6.63. The Kier molecular flexibility index (Phi) is 4.03. The van der Waals surface area contributed by atoms with Gasteiger partial charge in [-0.25, -0.2) is 9.37 Å². The van der Waals surface area contributed by atoms with Gasteiger partial charge in [-0.2, -0.15) is 0 Å². The van der Waals surface area contributed by atoms with Crippen molar-refractivity contribution < 1.29 is 14.1 Å². The summed E-state index contributed by atoms with van der Waals surface area (Å²) in [5.74, 6) is -0.246. The van der Waals surface area contributed by atoms with Crippen molar-refractivity contribution in [3.8, 4) is 5.75 Å². The fourth-order valence-corrected chi connectivity index (χ4v) is 2.92. The summed E-state index contributed by atoms with van der Waals surface area (Å²) in [7, 11) is 1.41. The summed E-state index contributed by atoms with van der Waals surface area (Å²) in [5.41, 5.74) is 1.26. The Morgan fingerprint density at radius 1 is 1.26 bits per heavy atom. The van der Waals surface area contributed by atoms with Gasteiger partial charge >= 0.3 is 0 Å². The zero-order valence-electron chi connectivity index (χ0n) is 12.0. The molecule has 2 aromatic carbocycles. The second-order valence-electron chi connectivity index (χ2n) is 4.69. The fourth-order valence-electron chi connectivity index (χ4n) is 2.07. The smallest absolute Gasteiger partial charge is 0.271 e. The van der Waals surface area contributed by atoms with E-state index < -0.39 is 10.7 Å². The fraction of sp³-hybridized carbons (Fsp3) is 0.0625. The van der Waals surface area contributed by atoms with Crippen LogP contribution in [0.1, 0.15) is 10.6 Å². The topological polar surface area (TPSA) is 65.3 Å². The molecule has 0 amide bonds. The van der Waals surface area contributed by atoms with E-state index in [1.807, 2.05) is 0 Å². The number of hydrogen-bond acceptors (Lipinski definition) is 5. The Morgan fingerprint density at radius 3 is 2.78 bits per heavy atom. The van der Waals surface area contributed by atoms with E-state index in [0.717, 1.165) is 4.70 Å². The minimum atomic E-state index is -0.450. The highest BCUT2D eigenvalue weighted by molar-refractivity contribution is 7.19. The van der Waals surface area contributed by atoms with Crippen LogP contribution in [0.2, 0.25) is 0 Å². The van der Waals surface area contributed by atoms with Crippen molar-refractivity contribution in [3.05, 3.63) is 62.9 Å². The van der Waals surface area contributed by atoms with Gasteiger partial charge in [-0.3, -0.25) is 10.1 Å². The SMILES string of the molecule is COc1ccc(/C=C/c2nc3cc([N+](=O)[O-])ccc3s2)cc1F. The molecular weight excluding hydrogens is 319 g/mol. The molecule has 0 aliphatic rings. The second kappa shape index (κ2) is 6.13. The van der Waals surface area contributed by atoms with Crippen LogP contribution in [0.5, 0.6) is 5.75 Å². The average Bonchev–Trinajstić information content (AvgIpc) is 2.95. The van der Waals surface area contributed by atoms with Crippen molar-refractivity contribution in [1.82, 2.24) is 4.98 Å².